The van der Waals surface area contributed by atoms with Gasteiger partial charge in [0.1, 0.15) is 0 Å². The van der Waals surface area contributed by atoms with E-state index in [1.54, 1.807) is 0 Å². The second-order valence-corrected chi connectivity index (χ2v) is 4.09. The summed E-state index contributed by atoms with van der Waals surface area (Å²) < 4.78 is 1.96. The van der Waals surface area contributed by atoms with Gasteiger partial charge in [-0.05, 0) is 21.0 Å². The molecule has 5 heteroatoms. The van der Waals surface area contributed by atoms with Crippen molar-refractivity contribution in [3.63, 3.8) is 0 Å². The molecule has 0 radical (unpaired) electrons. The molecule has 0 saturated carbocycles. The highest BCUT2D eigenvalue weighted by Gasteiger charge is 2.01. The van der Waals surface area contributed by atoms with Crippen LogP contribution < -0.4 is 4.80 Å². The number of hydrogen-bond acceptors (Lipinski definition) is 3. The topological polar surface area (TPSA) is 37.6 Å². The summed E-state index contributed by atoms with van der Waals surface area (Å²) in [5.41, 5.74) is 0. The number of rotatable bonds is 3. The number of likely N-dealkylation sites (N-methyl/N-ethyl adjacent to an activating group) is 1. The Labute approximate surface area is 87.5 Å². The van der Waals surface area contributed by atoms with E-state index >= 15 is 0 Å². The number of hydrogen-bond donors (Lipinski definition) is 0. The minimum atomic E-state index is -0.0975. The fourth-order valence-electron chi connectivity index (χ4n) is 1.04. The summed E-state index contributed by atoms with van der Waals surface area (Å²) >= 11 is 1.49. The van der Waals surface area contributed by atoms with Crippen LogP contribution in [0.25, 0.3) is 0 Å². The van der Waals surface area contributed by atoms with Gasteiger partial charge >= 0.3 is 0 Å². The first kappa shape index (κ1) is 11.1. The monoisotopic (exact) mass is 213 g/mol. The van der Waals surface area contributed by atoms with Crippen LogP contribution in [0.5, 0.6) is 0 Å². The van der Waals surface area contributed by atoms with Gasteiger partial charge in [-0.2, -0.15) is 4.99 Å². The third-order valence-corrected chi connectivity index (χ3v) is 2.47. The summed E-state index contributed by atoms with van der Waals surface area (Å²) in [4.78, 5) is 18.0. The molecule has 0 aliphatic heterocycles. The van der Waals surface area contributed by atoms with E-state index in [1.165, 1.54) is 11.3 Å². The Morgan fingerprint density at radius 3 is 2.93 bits per heavy atom. The maximum Gasteiger partial charge on any atom is 0.262 e. The van der Waals surface area contributed by atoms with Gasteiger partial charge in [0.15, 0.2) is 4.80 Å². The lowest BCUT2D eigenvalue weighted by atomic mass is 10.6. The third kappa shape index (κ3) is 3.08. The average molecular weight is 213 g/mol. The fourth-order valence-corrected chi connectivity index (χ4v) is 1.85. The lowest BCUT2D eigenvalue weighted by Crippen LogP contribution is -2.23. The van der Waals surface area contributed by atoms with E-state index in [4.69, 9.17) is 0 Å². The molecule has 78 valence electrons. The van der Waals surface area contributed by atoms with Crippen molar-refractivity contribution >= 4 is 17.2 Å². The fraction of sp³-hybridized carbons (Fsp3) is 0.556. The molecule has 1 aromatic heterocycles. The number of nitrogens with zero attached hydrogens (tertiary/aromatic N) is 3. The Morgan fingerprint density at radius 1 is 1.64 bits per heavy atom. The largest absolute Gasteiger partial charge is 0.324 e. The summed E-state index contributed by atoms with van der Waals surface area (Å²) in [7, 11) is 3.71. The molecular weight excluding hydrogens is 198 g/mol. The van der Waals surface area contributed by atoms with Gasteiger partial charge in [-0.1, -0.05) is 0 Å². The molecule has 4 nitrogen and oxygen atoms in total. The summed E-state index contributed by atoms with van der Waals surface area (Å²) in [6.45, 7) is 3.24. The molecule has 0 bridgehead atoms. The standard InChI is InChI=1S/C9H15N3OS/c1-4-12-5-6-14-9(12)10-8(13)7-11(2)3/h5-6H,4,7H2,1-3H3. The van der Waals surface area contributed by atoms with Crippen molar-refractivity contribution in [2.24, 2.45) is 4.99 Å². The van der Waals surface area contributed by atoms with E-state index in [1.807, 2.05) is 42.1 Å². The van der Waals surface area contributed by atoms with Crippen molar-refractivity contribution in [3.8, 4) is 0 Å². The van der Waals surface area contributed by atoms with E-state index in [0.29, 0.717) is 6.54 Å². The molecule has 0 N–H and O–H groups in total. The Hall–Kier alpha value is -0.940. The van der Waals surface area contributed by atoms with Crippen LogP contribution in [0.2, 0.25) is 0 Å². The number of carbonyl (C=O) groups excluding carboxylic acids is 1. The predicted molar refractivity (Wildman–Crippen MR) is 57.1 cm³/mol. The van der Waals surface area contributed by atoms with E-state index in [9.17, 15) is 4.79 Å². The second kappa shape index (κ2) is 5.07. The van der Waals surface area contributed by atoms with Crippen molar-refractivity contribution in [1.82, 2.24) is 9.47 Å². The Balaban J connectivity index is 2.82. The van der Waals surface area contributed by atoms with Crippen molar-refractivity contribution in [2.75, 3.05) is 20.6 Å². The zero-order valence-corrected chi connectivity index (χ0v) is 9.54. The maximum absolute atomic E-state index is 11.4. The molecule has 0 atom stereocenters. The van der Waals surface area contributed by atoms with Gasteiger partial charge in [0.05, 0.1) is 6.54 Å². The lowest BCUT2D eigenvalue weighted by Gasteiger charge is -2.04. The quantitative estimate of drug-likeness (QED) is 0.735. The smallest absolute Gasteiger partial charge is 0.262 e. The zero-order valence-electron chi connectivity index (χ0n) is 8.73. The van der Waals surface area contributed by atoms with E-state index in [0.717, 1.165) is 11.3 Å². The molecule has 0 aromatic carbocycles. The molecule has 0 aliphatic carbocycles. The Morgan fingerprint density at radius 2 is 2.36 bits per heavy atom. The Kier molecular flexibility index (Phi) is 4.03. The molecule has 0 fully saturated rings. The molecule has 14 heavy (non-hydrogen) atoms. The van der Waals surface area contributed by atoms with Crippen LogP contribution >= 0.6 is 11.3 Å². The molecule has 1 rings (SSSR count). The minimum absolute atomic E-state index is 0.0975. The van der Waals surface area contributed by atoms with Gasteiger partial charge in [0, 0.05) is 18.1 Å². The predicted octanol–water partition coefficient (Wildman–Crippen LogP) is 0.558. The summed E-state index contributed by atoms with van der Waals surface area (Å²) in [5, 5.41) is 1.94. The molecule has 0 aliphatic rings. The first-order valence-corrected chi connectivity index (χ1v) is 5.37. The summed E-state index contributed by atoms with van der Waals surface area (Å²) in [6.07, 6.45) is 1.94. The second-order valence-electron chi connectivity index (χ2n) is 3.21. The number of thiazole rings is 1. The first-order chi connectivity index (χ1) is 6.63. The van der Waals surface area contributed by atoms with Crippen LogP contribution in [-0.2, 0) is 11.3 Å². The molecule has 0 spiro atoms. The van der Waals surface area contributed by atoms with E-state index < -0.39 is 0 Å². The summed E-state index contributed by atoms with van der Waals surface area (Å²) in [6, 6.07) is 0. The SMILES string of the molecule is CCn1ccsc1=NC(=O)CN(C)C. The molecule has 1 heterocycles. The number of aryl methyl sites for hydroxylation is 1. The Bertz CT molecular complexity index is 364. The van der Waals surface area contributed by atoms with Crippen LogP contribution in [-0.4, -0.2) is 36.0 Å². The van der Waals surface area contributed by atoms with Crippen molar-refractivity contribution in [3.05, 3.63) is 16.4 Å². The van der Waals surface area contributed by atoms with Crippen LogP contribution in [0.4, 0.5) is 0 Å². The number of amides is 1. The molecule has 1 aromatic rings. The van der Waals surface area contributed by atoms with Crippen LogP contribution in [0, 0.1) is 0 Å². The molecule has 1 amide bonds. The van der Waals surface area contributed by atoms with Crippen LogP contribution in [0.15, 0.2) is 16.6 Å². The van der Waals surface area contributed by atoms with E-state index in [2.05, 4.69) is 4.99 Å². The van der Waals surface area contributed by atoms with Gasteiger partial charge in [-0.3, -0.25) is 4.79 Å². The lowest BCUT2D eigenvalue weighted by molar-refractivity contribution is -0.118. The van der Waals surface area contributed by atoms with Crippen molar-refractivity contribution < 1.29 is 4.79 Å². The molecular formula is C9H15N3OS. The highest BCUT2D eigenvalue weighted by Crippen LogP contribution is 1.90. The third-order valence-electron chi connectivity index (χ3n) is 1.67. The van der Waals surface area contributed by atoms with Crippen LogP contribution in [0.3, 0.4) is 0 Å². The number of aromatic nitrogens is 1. The summed E-state index contributed by atoms with van der Waals surface area (Å²) in [5.74, 6) is -0.0975. The average Bonchev–Trinajstić information content (AvgIpc) is 2.50. The van der Waals surface area contributed by atoms with Crippen LogP contribution in [0.1, 0.15) is 6.92 Å². The maximum atomic E-state index is 11.4. The first-order valence-electron chi connectivity index (χ1n) is 4.49. The van der Waals surface area contributed by atoms with Gasteiger partial charge in [-0.15, -0.1) is 11.3 Å². The minimum Gasteiger partial charge on any atom is -0.324 e. The van der Waals surface area contributed by atoms with E-state index in [-0.39, 0.29) is 5.91 Å². The highest BCUT2D eigenvalue weighted by molar-refractivity contribution is 7.07. The normalized spacial score (nSPS) is 12.4. The van der Waals surface area contributed by atoms with Crippen molar-refractivity contribution in [1.29, 1.82) is 0 Å². The van der Waals surface area contributed by atoms with Gasteiger partial charge in [0.25, 0.3) is 5.91 Å². The van der Waals surface area contributed by atoms with Gasteiger partial charge < -0.3 is 9.47 Å². The van der Waals surface area contributed by atoms with Gasteiger partial charge in [-0.25, -0.2) is 0 Å². The van der Waals surface area contributed by atoms with Gasteiger partial charge in [0.2, 0.25) is 0 Å². The highest BCUT2D eigenvalue weighted by atomic mass is 32.1. The van der Waals surface area contributed by atoms with Crippen molar-refractivity contribution in [2.45, 2.75) is 13.5 Å². The molecule has 0 unspecified atom stereocenters. The number of carbonyl (C=O) groups is 1. The molecule has 0 saturated heterocycles. The zero-order chi connectivity index (χ0) is 10.6.